The van der Waals surface area contributed by atoms with Crippen LogP contribution in [0.2, 0.25) is 10.0 Å². The molecule has 24 heavy (non-hydrogen) atoms. The second kappa shape index (κ2) is 6.90. The smallest absolute Gasteiger partial charge is 0.264 e. The molecule has 0 atom stereocenters. The molecule has 0 spiro atoms. The number of amides is 1. The number of primary amides is 1. The molecule has 0 aliphatic carbocycles. The Kier molecular flexibility index (Phi) is 4.69. The lowest BCUT2D eigenvalue weighted by molar-refractivity contribution is 0.0995. The molecular weight excluding hydrogens is 353 g/mol. The van der Waals surface area contributed by atoms with Gasteiger partial charge in [0.2, 0.25) is 5.82 Å². The van der Waals surface area contributed by atoms with Crippen LogP contribution in [-0.2, 0) is 6.61 Å². The van der Waals surface area contributed by atoms with Gasteiger partial charge in [0.05, 0.1) is 5.56 Å². The maximum atomic E-state index is 11.4. The lowest BCUT2D eigenvalue weighted by Crippen LogP contribution is -2.13. The Bertz CT molecular complexity index is 879. The molecule has 0 radical (unpaired) electrons. The maximum absolute atomic E-state index is 11.4. The van der Waals surface area contributed by atoms with E-state index in [9.17, 15) is 4.79 Å². The zero-order valence-corrected chi connectivity index (χ0v) is 13.7. The van der Waals surface area contributed by atoms with Crippen LogP contribution in [0, 0.1) is 0 Å². The summed E-state index contributed by atoms with van der Waals surface area (Å²) in [5.74, 6) is 0.319. The van der Waals surface area contributed by atoms with Crippen molar-refractivity contribution in [3.8, 4) is 17.1 Å². The molecule has 1 aromatic heterocycles. The highest BCUT2D eigenvalue weighted by Crippen LogP contribution is 2.24. The molecule has 0 fully saturated rings. The van der Waals surface area contributed by atoms with Gasteiger partial charge in [-0.15, -0.1) is 0 Å². The molecule has 2 aromatic carbocycles. The van der Waals surface area contributed by atoms with E-state index in [0.717, 1.165) is 5.56 Å². The first-order valence-electron chi connectivity index (χ1n) is 6.83. The molecule has 0 aliphatic heterocycles. The summed E-state index contributed by atoms with van der Waals surface area (Å²) >= 11 is 11.7. The predicted octanol–water partition coefficient (Wildman–Crippen LogP) is 3.72. The fourth-order valence-corrected chi connectivity index (χ4v) is 2.29. The van der Waals surface area contributed by atoms with Gasteiger partial charge >= 0.3 is 0 Å². The molecule has 8 heteroatoms. The zero-order valence-electron chi connectivity index (χ0n) is 12.2. The second-order valence-electron chi connectivity index (χ2n) is 4.81. The Morgan fingerprint density at radius 1 is 1.12 bits per heavy atom. The van der Waals surface area contributed by atoms with Crippen molar-refractivity contribution in [1.82, 2.24) is 10.1 Å². The van der Waals surface area contributed by atoms with Crippen LogP contribution in [0.15, 0.2) is 47.0 Å². The summed E-state index contributed by atoms with van der Waals surface area (Å²) in [5.41, 5.74) is 6.25. The first kappa shape index (κ1) is 16.3. The van der Waals surface area contributed by atoms with Gasteiger partial charge in [0, 0.05) is 15.6 Å². The average Bonchev–Trinajstić information content (AvgIpc) is 3.03. The van der Waals surface area contributed by atoms with Crippen LogP contribution in [0.3, 0.4) is 0 Å². The lowest BCUT2D eigenvalue weighted by Gasteiger charge is -2.07. The number of nitrogens with two attached hydrogens (primary N) is 1. The van der Waals surface area contributed by atoms with Crippen molar-refractivity contribution in [2.24, 2.45) is 5.73 Å². The van der Waals surface area contributed by atoms with E-state index in [4.69, 9.17) is 38.2 Å². The van der Waals surface area contributed by atoms with Crippen molar-refractivity contribution in [3.63, 3.8) is 0 Å². The van der Waals surface area contributed by atoms with E-state index in [0.29, 0.717) is 15.9 Å². The standard InChI is InChI=1S/C16H11Cl2N3O3/c17-10-3-1-9(2-4-10)16-20-14(24-21-16)8-23-13-6-5-11(18)7-12(13)15(19)22/h1-7H,8H2,(H2,19,22). The Labute approximate surface area is 147 Å². The normalized spacial score (nSPS) is 10.6. The minimum Gasteiger partial charge on any atom is -0.483 e. The van der Waals surface area contributed by atoms with Gasteiger partial charge in [-0.25, -0.2) is 0 Å². The van der Waals surface area contributed by atoms with Crippen molar-refractivity contribution in [1.29, 1.82) is 0 Å². The summed E-state index contributed by atoms with van der Waals surface area (Å²) in [7, 11) is 0. The van der Waals surface area contributed by atoms with E-state index in [-0.39, 0.29) is 23.8 Å². The van der Waals surface area contributed by atoms with Gasteiger partial charge in [0.1, 0.15) is 5.75 Å². The van der Waals surface area contributed by atoms with Crippen molar-refractivity contribution < 1.29 is 14.1 Å². The van der Waals surface area contributed by atoms with Crippen LogP contribution in [0.4, 0.5) is 0 Å². The van der Waals surface area contributed by atoms with Crippen molar-refractivity contribution >= 4 is 29.1 Å². The van der Waals surface area contributed by atoms with Crippen LogP contribution in [0.1, 0.15) is 16.2 Å². The summed E-state index contributed by atoms with van der Waals surface area (Å²) in [6.45, 7) is -0.0114. The van der Waals surface area contributed by atoms with Crippen molar-refractivity contribution in [2.75, 3.05) is 0 Å². The van der Waals surface area contributed by atoms with Gasteiger partial charge in [0.15, 0.2) is 6.61 Å². The van der Waals surface area contributed by atoms with E-state index in [1.165, 1.54) is 6.07 Å². The maximum Gasteiger partial charge on any atom is 0.264 e. The zero-order chi connectivity index (χ0) is 17.1. The lowest BCUT2D eigenvalue weighted by atomic mass is 10.2. The fraction of sp³-hybridized carbons (Fsp3) is 0.0625. The number of halogens is 2. The van der Waals surface area contributed by atoms with Gasteiger partial charge in [-0.3, -0.25) is 4.79 Å². The molecule has 0 saturated heterocycles. The molecule has 0 aliphatic rings. The minimum absolute atomic E-state index is 0.0114. The van der Waals surface area contributed by atoms with E-state index in [1.54, 1.807) is 36.4 Å². The van der Waals surface area contributed by atoms with Gasteiger partial charge in [-0.1, -0.05) is 28.4 Å². The quantitative estimate of drug-likeness (QED) is 0.745. The molecule has 0 saturated carbocycles. The second-order valence-corrected chi connectivity index (χ2v) is 5.68. The monoisotopic (exact) mass is 363 g/mol. The van der Waals surface area contributed by atoms with Crippen LogP contribution >= 0.6 is 23.2 Å². The topological polar surface area (TPSA) is 91.2 Å². The van der Waals surface area contributed by atoms with Gasteiger partial charge in [-0.05, 0) is 42.5 Å². The average molecular weight is 364 g/mol. The summed E-state index contributed by atoms with van der Waals surface area (Å²) in [4.78, 5) is 15.7. The predicted molar refractivity (Wildman–Crippen MR) is 89.0 cm³/mol. The third kappa shape index (κ3) is 3.67. The molecule has 3 aromatic rings. The van der Waals surface area contributed by atoms with E-state index in [2.05, 4.69) is 10.1 Å². The van der Waals surface area contributed by atoms with Crippen molar-refractivity contribution in [3.05, 3.63) is 64.0 Å². The summed E-state index contributed by atoms with van der Waals surface area (Å²) in [5, 5.41) is 4.88. The number of carbonyl (C=O) groups excluding carboxylic acids is 1. The van der Waals surface area contributed by atoms with E-state index < -0.39 is 5.91 Å². The summed E-state index contributed by atoms with van der Waals surface area (Å²) in [6, 6.07) is 11.6. The first-order chi connectivity index (χ1) is 11.5. The number of ether oxygens (including phenoxy) is 1. The molecule has 0 unspecified atom stereocenters. The number of carbonyl (C=O) groups is 1. The highest BCUT2D eigenvalue weighted by Gasteiger charge is 2.13. The van der Waals surface area contributed by atoms with Gasteiger partial charge in [-0.2, -0.15) is 4.98 Å². The van der Waals surface area contributed by atoms with Gasteiger partial charge in [0.25, 0.3) is 11.8 Å². The van der Waals surface area contributed by atoms with Crippen molar-refractivity contribution in [2.45, 2.75) is 6.61 Å². The van der Waals surface area contributed by atoms with Crippen LogP contribution < -0.4 is 10.5 Å². The number of hydrogen-bond acceptors (Lipinski definition) is 5. The number of rotatable bonds is 5. The Hall–Kier alpha value is -2.57. The summed E-state index contributed by atoms with van der Waals surface area (Å²) < 4.78 is 10.7. The number of benzene rings is 2. The Morgan fingerprint density at radius 2 is 1.83 bits per heavy atom. The first-order valence-corrected chi connectivity index (χ1v) is 7.59. The molecule has 1 heterocycles. The molecule has 1 amide bonds. The molecule has 0 bridgehead atoms. The molecule has 6 nitrogen and oxygen atoms in total. The number of nitrogens with zero attached hydrogens (tertiary/aromatic N) is 2. The molecular formula is C16H11Cl2N3O3. The number of aromatic nitrogens is 2. The van der Waals surface area contributed by atoms with Crippen LogP contribution in [0.5, 0.6) is 5.75 Å². The highest BCUT2D eigenvalue weighted by atomic mass is 35.5. The fourth-order valence-electron chi connectivity index (χ4n) is 1.99. The Morgan fingerprint density at radius 3 is 2.54 bits per heavy atom. The summed E-state index contributed by atoms with van der Waals surface area (Å²) in [6.07, 6.45) is 0. The third-order valence-electron chi connectivity index (χ3n) is 3.13. The minimum atomic E-state index is -0.639. The molecule has 2 N–H and O–H groups in total. The van der Waals surface area contributed by atoms with E-state index >= 15 is 0 Å². The third-order valence-corrected chi connectivity index (χ3v) is 3.62. The molecule has 122 valence electrons. The number of hydrogen-bond donors (Lipinski definition) is 1. The highest BCUT2D eigenvalue weighted by molar-refractivity contribution is 6.31. The Balaban J connectivity index is 1.74. The molecule has 3 rings (SSSR count). The van der Waals surface area contributed by atoms with Gasteiger partial charge < -0.3 is 15.0 Å². The van der Waals surface area contributed by atoms with Crippen LogP contribution in [-0.4, -0.2) is 16.0 Å². The largest absolute Gasteiger partial charge is 0.483 e. The van der Waals surface area contributed by atoms with Crippen LogP contribution in [0.25, 0.3) is 11.4 Å². The van der Waals surface area contributed by atoms with E-state index in [1.807, 2.05) is 0 Å². The SMILES string of the molecule is NC(=O)c1cc(Cl)ccc1OCc1nc(-c2ccc(Cl)cc2)no1.